The van der Waals surface area contributed by atoms with Gasteiger partial charge in [-0.05, 0) is 46.2 Å². The highest BCUT2D eigenvalue weighted by Crippen LogP contribution is 2.26. The van der Waals surface area contributed by atoms with Crippen molar-refractivity contribution in [2.24, 2.45) is 11.7 Å². The maximum atomic E-state index is 11.7. The molecule has 3 N–H and O–H groups in total. The number of likely N-dealkylation sites (N-methyl/N-ethyl adjacent to an activating group) is 1. The van der Waals surface area contributed by atoms with Crippen molar-refractivity contribution in [2.45, 2.75) is 57.5 Å². The number of nitrogens with one attached hydrogen (secondary N) is 1. The van der Waals surface area contributed by atoms with Gasteiger partial charge in [0.2, 0.25) is 5.91 Å². The Morgan fingerprint density at radius 1 is 1.44 bits per heavy atom. The molecule has 18 heavy (non-hydrogen) atoms. The van der Waals surface area contributed by atoms with Crippen LogP contribution in [0.4, 0.5) is 0 Å². The molecule has 0 aromatic heterocycles. The van der Waals surface area contributed by atoms with E-state index in [1.54, 1.807) is 0 Å². The van der Waals surface area contributed by atoms with Crippen LogP contribution in [0, 0.1) is 5.92 Å². The Kier molecular flexibility index (Phi) is 6.65. The van der Waals surface area contributed by atoms with Crippen LogP contribution in [-0.2, 0) is 4.79 Å². The SMILES string of the molecule is CC(CNC(=O)CCC1CCCC(N)C1)N(C)C. The summed E-state index contributed by atoms with van der Waals surface area (Å²) in [4.78, 5) is 13.8. The third-order valence-corrected chi connectivity index (χ3v) is 4.08. The highest BCUT2D eigenvalue weighted by molar-refractivity contribution is 5.75. The number of hydrogen-bond donors (Lipinski definition) is 2. The van der Waals surface area contributed by atoms with Crippen molar-refractivity contribution in [3.63, 3.8) is 0 Å². The normalized spacial score (nSPS) is 26.1. The Morgan fingerprint density at radius 3 is 2.78 bits per heavy atom. The van der Waals surface area contributed by atoms with Crippen molar-refractivity contribution >= 4 is 5.91 Å². The van der Waals surface area contributed by atoms with Gasteiger partial charge < -0.3 is 16.0 Å². The Balaban J connectivity index is 2.13. The van der Waals surface area contributed by atoms with E-state index in [1.807, 2.05) is 14.1 Å². The van der Waals surface area contributed by atoms with E-state index in [1.165, 1.54) is 12.8 Å². The summed E-state index contributed by atoms with van der Waals surface area (Å²) in [5.74, 6) is 0.841. The van der Waals surface area contributed by atoms with Crippen LogP contribution < -0.4 is 11.1 Å². The Morgan fingerprint density at radius 2 is 2.17 bits per heavy atom. The van der Waals surface area contributed by atoms with E-state index in [0.717, 1.165) is 25.8 Å². The van der Waals surface area contributed by atoms with E-state index in [0.29, 0.717) is 24.4 Å². The number of amides is 1. The number of hydrogen-bond acceptors (Lipinski definition) is 3. The molecule has 3 atom stereocenters. The van der Waals surface area contributed by atoms with Gasteiger partial charge in [-0.3, -0.25) is 4.79 Å². The fourth-order valence-electron chi connectivity index (χ4n) is 2.46. The van der Waals surface area contributed by atoms with Crippen molar-refractivity contribution in [3.8, 4) is 0 Å². The number of nitrogens with two attached hydrogens (primary N) is 1. The highest BCUT2D eigenvalue weighted by Gasteiger charge is 2.19. The first-order valence-corrected chi connectivity index (χ1v) is 7.17. The molecular weight excluding hydrogens is 226 g/mol. The second-order valence-corrected chi connectivity index (χ2v) is 5.95. The van der Waals surface area contributed by atoms with Crippen molar-refractivity contribution in [1.82, 2.24) is 10.2 Å². The molecule has 1 aliphatic rings. The summed E-state index contributed by atoms with van der Waals surface area (Å²) >= 11 is 0. The van der Waals surface area contributed by atoms with Gasteiger partial charge in [-0.2, -0.15) is 0 Å². The Bertz CT molecular complexity index is 255. The predicted octanol–water partition coefficient (Wildman–Crippen LogP) is 1.35. The lowest BCUT2D eigenvalue weighted by molar-refractivity contribution is -0.121. The molecule has 0 radical (unpaired) electrons. The van der Waals surface area contributed by atoms with Gasteiger partial charge in [0, 0.05) is 25.0 Å². The van der Waals surface area contributed by atoms with E-state index >= 15 is 0 Å². The second-order valence-electron chi connectivity index (χ2n) is 5.95. The smallest absolute Gasteiger partial charge is 0.220 e. The molecule has 4 nitrogen and oxygen atoms in total. The molecule has 0 aromatic rings. The molecule has 0 aliphatic heterocycles. The van der Waals surface area contributed by atoms with Crippen molar-refractivity contribution < 1.29 is 4.79 Å². The molecule has 4 heteroatoms. The number of nitrogens with zero attached hydrogens (tertiary/aromatic N) is 1. The van der Waals surface area contributed by atoms with Crippen molar-refractivity contribution in [1.29, 1.82) is 0 Å². The number of rotatable bonds is 6. The maximum Gasteiger partial charge on any atom is 0.220 e. The van der Waals surface area contributed by atoms with Gasteiger partial charge in [-0.15, -0.1) is 0 Å². The Hall–Kier alpha value is -0.610. The number of carbonyl (C=O) groups excluding carboxylic acids is 1. The Labute approximate surface area is 111 Å². The van der Waals surface area contributed by atoms with E-state index in [-0.39, 0.29) is 5.91 Å². The summed E-state index contributed by atoms with van der Waals surface area (Å²) in [6.45, 7) is 2.84. The predicted molar refractivity (Wildman–Crippen MR) is 75.3 cm³/mol. The quantitative estimate of drug-likeness (QED) is 0.753. The molecule has 1 fully saturated rings. The average molecular weight is 255 g/mol. The molecule has 3 unspecified atom stereocenters. The fourth-order valence-corrected chi connectivity index (χ4v) is 2.46. The summed E-state index contributed by atoms with van der Waals surface area (Å²) in [7, 11) is 4.06. The van der Waals surface area contributed by atoms with Gasteiger partial charge in [0.05, 0.1) is 0 Å². The van der Waals surface area contributed by atoms with Crippen molar-refractivity contribution in [3.05, 3.63) is 0 Å². The van der Waals surface area contributed by atoms with Gasteiger partial charge in [0.15, 0.2) is 0 Å². The summed E-state index contributed by atoms with van der Waals surface area (Å²) in [5.41, 5.74) is 5.96. The first-order valence-electron chi connectivity index (χ1n) is 7.17. The summed E-state index contributed by atoms with van der Waals surface area (Å²) in [5, 5.41) is 3.00. The average Bonchev–Trinajstić information content (AvgIpc) is 2.33. The van der Waals surface area contributed by atoms with E-state index in [9.17, 15) is 4.79 Å². The summed E-state index contributed by atoms with van der Waals surface area (Å²) in [6, 6.07) is 0.748. The highest BCUT2D eigenvalue weighted by atomic mass is 16.1. The second kappa shape index (κ2) is 7.74. The van der Waals surface area contributed by atoms with Crippen LogP contribution in [0.5, 0.6) is 0 Å². The molecule has 1 amide bonds. The zero-order valence-corrected chi connectivity index (χ0v) is 12.1. The number of carbonyl (C=O) groups is 1. The lowest BCUT2D eigenvalue weighted by Crippen LogP contribution is -2.38. The van der Waals surface area contributed by atoms with Crippen LogP contribution in [0.3, 0.4) is 0 Å². The van der Waals surface area contributed by atoms with Crippen LogP contribution in [0.2, 0.25) is 0 Å². The topological polar surface area (TPSA) is 58.4 Å². The lowest BCUT2D eigenvalue weighted by Gasteiger charge is -2.26. The third kappa shape index (κ3) is 5.83. The van der Waals surface area contributed by atoms with Gasteiger partial charge in [-0.25, -0.2) is 0 Å². The molecule has 0 heterocycles. The van der Waals surface area contributed by atoms with Gasteiger partial charge in [0.25, 0.3) is 0 Å². The largest absolute Gasteiger partial charge is 0.355 e. The maximum absolute atomic E-state index is 11.7. The zero-order chi connectivity index (χ0) is 13.5. The molecule has 0 bridgehead atoms. The van der Waals surface area contributed by atoms with Crippen LogP contribution in [0.1, 0.15) is 45.4 Å². The standard InChI is InChI=1S/C14H29N3O/c1-11(17(2)3)10-16-14(18)8-7-12-5-4-6-13(15)9-12/h11-13H,4-10,15H2,1-3H3,(H,16,18). The van der Waals surface area contributed by atoms with Gasteiger partial charge in [-0.1, -0.05) is 12.8 Å². The van der Waals surface area contributed by atoms with E-state index < -0.39 is 0 Å². The van der Waals surface area contributed by atoms with Crippen LogP contribution in [-0.4, -0.2) is 43.5 Å². The van der Waals surface area contributed by atoms with E-state index in [2.05, 4.69) is 17.1 Å². The minimum absolute atomic E-state index is 0.183. The van der Waals surface area contributed by atoms with E-state index in [4.69, 9.17) is 5.73 Å². The first-order chi connectivity index (χ1) is 8.49. The minimum atomic E-state index is 0.183. The first kappa shape index (κ1) is 15.4. The monoisotopic (exact) mass is 255 g/mol. The third-order valence-electron chi connectivity index (χ3n) is 4.08. The van der Waals surface area contributed by atoms with Crippen LogP contribution in [0.25, 0.3) is 0 Å². The zero-order valence-electron chi connectivity index (χ0n) is 12.1. The van der Waals surface area contributed by atoms with Crippen molar-refractivity contribution in [2.75, 3.05) is 20.6 Å². The fraction of sp³-hybridized carbons (Fsp3) is 0.929. The molecule has 1 rings (SSSR count). The minimum Gasteiger partial charge on any atom is -0.355 e. The summed E-state index contributed by atoms with van der Waals surface area (Å²) < 4.78 is 0. The molecule has 1 aliphatic carbocycles. The molecular formula is C14H29N3O. The summed E-state index contributed by atoms with van der Waals surface area (Å²) in [6.07, 6.45) is 6.37. The molecule has 0 aromatic carbocycles. The van der Waals surface area contributed by atoms with Crippen LogP contribution >= 0.6 is 0 Å². The lowest BCUT2D eigenvalue weighted by atomic mass is 9.83. The molecule has 106 valence electrons. The molecule has 0 spiro atoms. The molecule has 1 saturated carbocycles. The molecule has 0 saturated heterocycles. The van der Waals surface area contributed by atoms with Crippen LogP contribution in [0.15, 0.2) is 0 Å². The van der Waals surface area contributed by atoms with Gasteiger partial charge >= 0.3 is 0 Å². The van der Waals surface area contributed by atoms with Gasteiger partial charge in [0.1, 0.15) is 0 Å².